The van der Waals surface area contributed by atoms with Crippen molar-refractivity contribution in [1.29, 1.82) is 0 Å². The number of halogens is 1. The second-order valence-electron chi connectivity index (χ2n) is 6.47. The van der Waals surface area contributed by atoms with Crippen LogP contribution in [0.3, 0.4) is 0 Å². The van der Waals surface area contributed by atoms with Crippen molar-refractivity contribution in [2.75, 3.05) is 13.1 Å². The van der Waals surface area contributed by atoms with Crippen LogP contribution in [0, 0.1) is 5.92 Å². The minimum absolute atomic E-state index is 0. The molecular weight excluding hydrogens is 287 g/mol. The third kappa shape index (κ3) is 2.98. The van der Waals surface area contributed by atoms with Gasteiger partial charge in [-0.1, -0.05) is 13.8 Å². The number of carbonyl (C=O) groups excluding carboxylic acids is 2. The molecule has 2 amide bonds. The monoisotopic (exact) mass is 312 g/mol. The van der Waals surface area contributed by atoms with Gasteiger partial charge >= 0.3 is 0 Å². The van der Waals surface area contributed by atoms with Gasteiger partial charge in [0.25, 0.3) is 5.91 Å². The summed E-state index contributed by atoms with van der Waals surface area (Å²) in [4.78, 5) is 25.8. The highest BCUT2D eigenvalue weighted by molar-refractivity contribution is 5.92. The number of aromatic nitrogens is 2. The van der Waals surface area contributed by atoms with Crippen molar-refractivity contribution >= 4 is 11.8 Å². The van der Waals surface area contributed by atoms with Gasteiger partial charge in [0.05, 0.1) is 5.92 Å². The summed E-state index contributed by atoms with van der Waals surface area (Å²) in [7, 11) is 0. The van der Waals surface area contributed by atoms with Crippen LogP contribution in [0.5, 0.6) is 0 Å². The van der Waals surface area contributed by atoms with E-state index in [1.165, 1.54) is 0 Å². The van der Waals surface area contributed by atoms with E-state index in [0.29, 0.717) is 31.6 Å². The van der Waals surface area contributed by atoms with Crippen molar-refractivity contribution in [3.05, 3.63) is 17.5 Å². The fraction of sp³-hybridized carbons (Fsp3) is 0.667. The fourth-order valence-corrected chi connectivity index (χ4v) is 2.71. The van der Waals surface area contributed by atoms with E-state index in [9.17, 15) is 14.0 Å². The predicted octanol–water partition coefficient (Wildman–Crippen LogP) is 1.71. The van der Waals surface area contributed by atoms with E-state index in [-0.39, 0.29) is 26.6 Å². The summed E-state index contributed by atoms with van der Waals surface area (Å²) in [6, 6.07) is 1.68. The van der Waals surface area contributed by atoms with E-state index in [2.05, 4.69) is 15.5 Å². The summed E-state index contributed by atoms with van der Waals surface area (Å²) in [6.07, 6.45) is 0.0346. The summed E-state index contributed by atoms with van der Waals surface area (Å²) in [5.41, 5.74) is 1.33. The molecule has 1 aromatic heterocycles. The van der Waals surface area contributed by atoms with Gasteiger partial charge in [0.1, 0.15) is 11.9 Å². The molecule has 1 aliphatic heterocycles. The molecule has 1 saturated heterocycles. The van der Waals surface area contributed by atoms with Crippen LogP contribution in [0.15, 0.2) is 6.07 Å². The number of nitrogens with one attached hydrogen (secondary N) is 2. The predicted molar refractivity (Wildman–Crippen MR) is 82.4 cm³/mol. The van der Waals surface area contributed by atoms with Crippen molar-refractivity contribution in [1.82, 2.24) is 20.4 Å². The van der Waals surface area contributed by atoms with Gasteiger partial charge in [-0.25, -0.2) is 4.39 Å². The molecule has 7 heteroatoms. The Labute approximate surface area is 131 Å². The van der Waals surface area contributed by atoms with Crippen LogP contribution in [-0.2, 0) is 4.79 Å². The number of hydrogen-bond acceptors (Lipinski definition) is 3. The number of H-pyrrole nitrogens is 1. The maximum Gasteiger partial charge on any atom is 0.274 e. The first-order valence-corrected chi connectivity index (χ1v) is 7.74. The summed E-state index contributed by atoms with van der Waals surface area (Å²) in [5.74, 6) is -0.556. The second kappa shape index (κ2) is 5.70. The average molecular weight is 312 g/mol. The van der Waals surface area contributed by atoms with Crippen molar-refractivity contribution < 1.29 is 16.8 Å². The Bertz CT molecular complexity index is 596. The molecule has 0 aromatic carbocycles. The molecule has 3 atom stereocenters. The molecule has 124 valence electrons. The Morgan fingerprint density at radius 2 is 2.27 bits per heavy atom. The molecule has 0 bridgehead atoms. The number of rotatable bonds is 4. The first-order valence-electron chi connectivity index (χ1n) is 7.74. The summed E-state index contributed by atoms with van der Waals surface area (Å²) in [5, 5.41) is 9.77. The van der Waals surface area contributed by atoms with E-state index >= 15 is 0 Å². The van der Waals surface area contributed by atoms with E-state index in [4.69, 9.17) is 0 Å². The van der Waals surface area contributed by atoms with Gasteiger partial charge < -0.3 is 10.2 Å². The maximum absolute atomic E-state index is 12.9. The molecule has 2 fully saturated rings. The van der Waals surface area contributed by atoms with Crippen molar-refractivity contribution in [3.63, 3.8) is 0 Å². The molecule has 0 radical (unpaired) electrons. The molecule has 1 aromatic rings. The number of alkyl halides is 1. The second-order valence-corrected chi connectivity index (χ2v) is 6.47. The smallest absolute Gasteiger partial charge is 0.274 e. The zero-order valence-electron chi connectivity index (χ0n) is 12.8. The Kier molecular flexibility index (Phi) is 3.88. The van der Waals surface area contributed by atoms with Crippen LogP contribution in [-0.4, -0.2) is 52.2 Å². The van der Waals surface area contributed by atoms with Crippen molar-refractivity contribution in [2.45, 2.75) is 44.8 Å². The SMILES string of the molecule is CC(C)c1cc(C(=O)N2CC[C@H](NC(=O)[C@H]3C[C@H]3F)C2)n[nH]1.[HH].[HH]. The van der Waals surface area contributed by atoms with Gasteiger partial charge in [-0.15, -0.1) is 0 Å². The maximum atomic E-state index is 12.9. The van der Waals surface area contributed by atoms with Crippen LogP contribution in [0.25, 0.3) is 0 Å². The van der Waals surface area contributed by atoms with Gasteiger partial charge in [-0.3, -0.25) is 14.7 Å². The standard InChI is InChI=1S/C15H21FN4O2.2H2/c1-8(2)12-6-13(19-18-12)15(22)20-4-3-9(7-20)17-14(21)10-5-11(10)16;;/h6,8-11H,3-5,7H2,1-2H3,(H,17,21)(H,18,19);2*1H/t9-,10-,11+;;/m0../s1. The first kappa shape index (κ1) is 15.0. The normalized spacial score (nSPS) is 27.3. The number of likely N-dealkylation sites (tertiary alicyclic amines) is 1. The van der Waals surface area contributed by atoms with Crippen LogP contribution in [0.2, 0.25) is 0 Å². The van der Waals surface area contributed by atoms with Gasteiger partial charge in [-0.2, -0.15) is 5.10 Å². The van der Waals surface area contributed by atoms with Crippen LogP contribution in [0.4, 0.5) is 4.39 Å². The third-order valence-electron chi connectivity index (χ3n) is 4.31. The molecule has 22 heavy (non-hydrogen) atoms. The van der Waals surface area contributed by atoms with Crippen LogP contribution in [0.1, 0.15) is 51.6 Å². The number of carbonyl (C=O) groups is 2. The van der Waals surface area contributed by atoms with E-state index < -0.39 is 12.1 Å². The quantitative estimate of drug-likeness (QED) is 0.888. The molecule has 3 rings (SSSR count). The van der Waals surface area contributed by atoms with E-state index in [1.54, 1.807) is 11.0 Å². The van der Waals surface area contributed by atoms with E-state index in [1.807, 2.05) is 13.8 Å². The van der Waals surface area contributed by atoms with E-state index in [0.717, 1.165) is 5.69 Å². The lowest BCUT2D eigenvalue weighted by Gasteiger charge is -2.15. The first-order chi connectivity index (χ1) is 10.5. The van der Waals surface area contributed by atoms with Gasteiger partial charge in [0, 0.05) is 27.7 Å². The molecule has 2 N–H and O–H groups in total. The largest absolute Gasteiger partial charge is 0.351 e. The Hall–Kier alpha value is -1.92. The molecule has 2 heterocycles. The Morgan fingerprint density at radius 1 is 1.55 bits per heavy atom. The Morgan fingerprint density at radius 3 is 2.86 bits per heavy atom. The number of aromatic amines is 1. The third-order valence-corrected chi connectivity index (χ3v) is 4.31. The van der Waals surface area contributed by atoms with Gasteiger partial charge in [0.15, 0.2) is 0 Å². The molecular formula is C15H25FN4O2. The highest BCUT2D eigenvalue weighted by Gasteiger charge is 2.44. The van der Waals surface area contributed by atoms with Crippen molar-refractivity contribution in [3.8, 4) is 0 Å². The number of nitrogens with zero attached hydrogens (tertiary/aromatic N) is 2. The Balaban J connectivity index is 0.00000144. The lowest BCUT2D eigenvalue weighted by atomic mass is 10.1. The molecule has 0 spiro atoms. The molecule has 1 saturated carbocycles. The average Bonchev–Trinajstić information content (AvgIpc) is 2.93. The highest BCUT2D eigenvalue weighted by atomic mass is 19.1. The minimum atomic E-state index is -0.988. The molecule has 1 aliphatic carbocycles. The molecule has 2 aliphatic rings. The lowest BCUT2D eigenvalue weighted by Crippen LogP contribution is -2.39. The summed E-state index contributed by atoms with van der Waals surface area (Å²) >= 11 is 0. The number of hydrogen-bond donors (Lipinski definition) is 2. The summed E-state index contributed by atoms with van der Waals surface area (Å²) < 4.78 is 12.9. The zero-order chi connectivity index (χ0) is 15.9. The fourth-order valence-electron chi connectivity index (χ4n) is 2.71. The molecule has 0 unspecified atom stereocenters. The summed E-state index contributed by atoms with van der Waals surface area (Å²) in [6.45, 7) is 5.09. The van der Waals surface area contributed by atoms with Crippen molar-refractivity contribution in [2.24, 2.45) is 5.92 Å². The topological polar surface area (TPSA) is 78.1 Å². The van der Waals surface area contributed by atoms with Crippen LogP contribution < -0.4 is 5.32 Å². The highest BCUT2D eigenvalue weighted by Crippen LogP contribution is 2.34. The van der Waals surface area contributed by atoms with Crippen LogP contribution >= 0.6 is 0 Å². The number of amides is 2. The zero-order valence-corrected chi connectivity index (χ0v) is 12.8. The minimum Gasteiger partial charge on any atom is -0.351 e. The molecule has 6 nitrogen and oxygen atoms in total. The van der Waals surface area contributed by atoms with Gasteiger partial charge in [0.2, 0.25) is 5.91 Å². The lowest BCUT2D eigenvalue weighted by molar-refractivity contribution is -0.123. The van der Waals surface area contributed by atoms with Gasteiger partial charge in [-0.05, 0) is 24.8 Å².